The molecule has 2 rings (SSSR count). The van der Waals surface area contributed by atoms with E-state index in [1.54, 1.807) is 0 Å². The second-order valence-electron chi connectivity index (χ2n) is 3.62. The quantitative estimate of drug-likeness (QED) is 0.893. The van der Waals surface area contributed by atoms with Crippen molar-refractivity contribution < 1.29 is 9.59 Å². The van der Waals surface area contributed by atoms with Gasteiger partial charge in [-0.2, -0.15) is 0 Å². The molecule has 2 N–H and O–H groups in total. The Hall–Kier alpha value is -2.18. The minimum absolute atomic E-state index is 0.144. The number of nitrogens with one attached hydrogen (secondary N) is 2. The molecule has 6 nitrogen and oxygen atoms in total. The largest absolute Gasteiger partial charge is 0.327 e. The lowest BCUT2D eigenvalue weighted by Gasteiger charge is -2.07. The first kappa shape index (κ1) is 14.2. The lowest BCUT2D eigenvalue weighted by atomic mass is 10.2. The predicted octanol–water partition coefficient (Wildman–Crippen LogP) is 2.75. The number of rotatable bonds is 2. The van der Waals surface area contributed by atoms with E-state index >= 15 is 0 Å². The van der Waals surface area contributed by atoms with Gasteiger partial charge in [-0.3, -0.25) is 20.4 Å². The summed E-state index contributed by atoms with van der Waals surface area (Å²) in [5.41, 5.74) is 0.144. The standard InChI is InChI=1S/C12H8Cl2N4O2/c13-7-1-2-8(9(14)5-7)11(19)18-12(20)17-10-6-15-3-4-16-10/h1-6H,(H2,16,17,18,19,20). The summed E-state index contributed by atoms with van der Waals surface area (Å²) in [6.45, 7) is 0. The highest BCUT2D eigenvalue weighted by molar-refractivity contribution is 6.37. The van der Waals surface area contributed by atoms with Crippen molar-refractivity contribution in [1.82, 2.24) is 15.3 Å². The fraction of sp³-hybridized carbons (Fsp3) is 0. The highest BCUT2D eigenvalue weighted by Gasteiger charge is 2.14. The van der Waals surface area contributed by atoms with Crippen LogP contribution in [0.2, 0.25) is 10.0 Å². The van der Waals surface area contributed by atoms with Crippen LogP contribution >= 0.6 is 23.2 Å². The molecule has 0 radical (unpaired) electrons. The molecule has 3 amide bonds. The van der Waals surface area contributed by atoms with Crippen LogP contribution in [-0.4, -0.2) is 21.9 Å². The van der Waals surface area contributed by atoms with E-state index in [0.717, 1.165) is 0 Å². The van der Waals surface area contributed by atoms with Crippen molar-refractivity contribution >= 4 is 41.0 Å². The first-order valence-electron chi connectivity index (χ1n) is 5.39. The number of imide groups is 1. The van der Waals surface area contributed by atoms with Crippen LogP contribution in [0.25, 0.3) is 0 Å². The zero-order valence-corrected chi connectivity index (χ0v) is 11.4. The third-order valence-electron chi connectivity index (χ3n) is 2.21. The van der Waals surface area contributed by atoms with E-state index in [2.05, 4.69) is 20.6 Å². The van der Waals surface area contributed by atoms with Gasteiger partial charge in [0.2, 0.25) is 0 Å². The molecule has 0 saturated carbocycles. The molecule has 0 saturated heterocycles. The summed E-state index contributed by atoms with van der Waals surface area (Å²) >= 11 is 11.6. The number of carbonyl (C=O) groups is 2. The molecule has 0 aliphatic rings. The van der Waals surface area contributed by atoms with E-state index in [4.69, 9.17) is 23.2 Å². The van der Waals surface area contributed by atoms with Crippen molar-refractivity contribution in [2.75, 3.05) is 5.32 Å². The normalized spacial score (nSPS) is 9.90. The second kappa shape index (κ2) is 6.31. The maximum absolute atomic E-state index is 11.8. The molecule has 0 aliphatic heterocycles. The van der Waals surface area contributed by atoms with Crippen molar-refractivity contribution in [3.63, 3.8) is 0 Å². The summed E-state index contributed by atoms with van der Waals surface area (Å²) in [7, 11) is 0. The Balaban J connectivity index is 2.02. The third-order valence-corrected chi connectivity index (χ3v) is 2.76. The van der Waals surface area contributed by atoms with Crippen molar-refractivity contribution in [3.05, 3.63) is 52.4 Å². The Labute approximate surface area is 124 Å². The van der Waals surface area contributed by atoms with Gasteiger partial charge in [0.1, 0.15) is 0 Å². The first-order valence-corrected chi connectivity index (χ1v) is 6.15. The molecule has 0 atom stereocenters. The number of carbonyl (C=O) groups excluding carboxylic acids is 2. The molecule has 0 spiro atoms. The van der Waals surface area contributed by atoms with Gasteiger partial charge in [0.25, 0.3) is 5.91 Å². The van der Waals surface area contributed by atoms with Crippen LogP contribution in [0.15, 0.2) is 36.8 Å². The zero-order chi connectivity index (χ0) is 14.5. The van der Waals surface area contributed by atoms with E-state index in [9.17, 15) is 9.59 Å². The highest BCUT2D eigenvalue weighted by Crippen LogP contribution is 2.20. The fourth-order valence-electron chi connectivity index (χ4n) is 1.36. The van der Waals surface area contributed by atoms with E-state index in [-0.39, 0.29) is 16.4 Å². The Morgan fingerprint density at radius 2 is 1.95 bits per heavy atom. The summed E-state index contributed by atoms with van der Waals surface area (Å²) in [6.07, 6.45) is 4.22. The Morgan fingerprint density at radius 1 is 1.15 bits per heavy atom. The summed E-state index contributed by atoms with van der Waals surface area (Å²) in [6, 6.07) is 3.61. The van der Waals surface area contributed by atoms with Gasteiger partial charge in [0, 0.05) is 17.4 Å². The lowest BCUT2D eigenvalue weighted by molar-refractivity contribution is 0.0967. The molecule has 0 aliphatic carbocycles. The molecule has 1 aromatic carbocycles. The number of aromatic nitrogens is 2. The number of anilines is 1. The van der Waals surface area contributed by atoms with Crippen LogP contribution in [0.4, 0.5) is 10.6 Å². The Bertz CT molecular complexity index is 649. The van der Waals surface area contributed by atoms with E-state index < -0.39 is 11.9 Å². The average molecular weight is 311 g/mol. The molecule has 1 aromatic heterocycles. The molecule has 8 heteroatoms. The van der Waals surface area contributed by atoms with Crippen LogP contribution in [0, 0.1) is 0 Å². The van der Waals surface area contributed by atoms with Gasteiger partial charge < -0.3 is 0 Å². The molecule has 2 aromatic rings. The van der Waals surface area contributed by atoms with Gasteiger partial charge in [-0.25, -0.2) is 9.78 Å². The molecular weight excluding hydrogens is 303 g/mol. The summed E-state index contributed by atoms with van der Waals surface area (Å²) in [5, 5.41) is 5.03. The number of benzene rings is 1. The number of hydrogen-bond acceptors (Lipinski definition) is 4. The second-order valence-corrected chi connectivity index (χ2v) is 4.47. The monoisotopic (exact) mass is 310 g/mol. The van der Waals surface area contributed by atoms with Gasteiger partial charge in [-0.15, -0.1) is 0 Å². The van der Waals surface area contributed by atoms with E-state index in [1.165, 1.54) is 36.8 Å². The molecule has 20 heavy (non-hydrogen) atoms. The average Bonchev–Trinajstić information content (AvgIpc) is 2.39. The summed E-state index contributed by atoms with van der Waals surface area (Å²) in [5.74, 6) is -0.423. The van der Waals surface area contributed by atoms with Gasteiger partial charge >= 0.3 is 6.03 Å². The van der Waals surface area contributed by atoms with Crippen molar-refractivity contribution in [2.24, 2.45) is 0 Å². The minimum atomic E-state index is -0.735. The number of halogens is 2. The Morgan fingerprint density at radius 3 is 2.60 bits per heavy atom. The maximum Gasteiger partial charge on any atom is 0.327 e. The molecule has 1 heterocycles. The maximum atomic E-state index is 11.8. The van der Waals surface area contributed by atoms with Crippen LogP contribution in [0.3, 0.4) is 0 Å². The number of hydrogen-bond donors (Lipinski definition) is 2. The van der Waals surface area contributed by atoms with Gasteiger partial charge in [0.15, 0.2) is 5.82 Å². The smallest absolute Gasteiger partial charge is 0.291 e. The van der Waals surface area contributed by atoms with E-state index in [1.807, 2.05) is 0 Å². The van der Waals surface area contributed by atoms with Crippen LogP contribution < -0.4 is 10.6 Å². The van der Waals surface area contributed by atoms with Gasteiger partial charge in [-0.05, 0) is 18.2 Å². The van der Waals surface area contributed by atoms with Crippen LogP contribution in [-0.2, 0) is 0 Å². The number of urea groups is 1. The van der Waals surface area contributed by atoms with Crippen LogP contribution in [0.5, 0.6) is 0 Å². The summed E-state index contributed by atoms with van der Waals surface area (Å²) in [4.78, 5) is 31.0. The van der Waals surface area contributed by atoms with Crippen molar-refractivity contribution in [2.45, 2.75) is 0 Å². The molecule has 0 unspecified atom stereocenters. The Kier molecular flexibility index (Phi) is 4.49. The SMILES string of the molecule is O=C(NC(=O)c1ccc(Cl)cc1Cl)Nc1cnccn1. The zero-order valence-electron chi connectivity index (χ0n) is 9.93. The van der Waals surface area contributed by atoms with Crippen molar-refractivity contribution in [1.29, 1.82) is 0 Å². The number of amides is 3. The van der Waals surface area contributed by atoms with Crippen LogP contribution in [0.1, 0.15) is 10.4 Å². The fourth-order valence-corrected chi connectivity index (χ4v) is 1.85. The molecule has 0 fully saturated rings. The van der Waals surface area contributed by atoms with E-state index in [0.29, 0.717) is 5.02 Å². The van der Waals surface area contributed by atoms with Crippen molar-refractivity contribution in [3.8, 4) is 0 Å². The molecule has 102 valence electrons. The predicted molar refractivity (Wildman–Crippen MR) is 75.0 cm³/mol. The number of nitrogens with zero attached hydrogens (tertiary/aromatic N) is 2. The summed E-state index contributed by atoms with van der Waals surface area (Å²) < 4.78 is 0. The molecule has 0 bridgehead atoms. The highest BCUT2D eigenvalue weighted by atomic mass is 35.5. The van der Waals surface area contributed by atoms with Gasteiger partial charge in [0.05, 0.1) is 16.8 Å². The topological polar surface area (TPSA) is 84.0 Å². The molecular formula is C12H8Cl2N4O2. The lowest BCUT2D eigenvalue weighted by Crippen LogP contribution is -2.34. The minimum Gasteiger partial charge on any atom is -0.291 e. The third kappa shape index (κ3) is 3.66. The van der Waals surface area contributed by atoms with Gasteiger partial charge in [-0.1, -0.05) is 23.2 Å². The first-order chi connectivity index (χ1) is 9.56.